The molecule has 1 heterocycles. The van der Waals surface area contributed by atoms with Gasteiger partial charge in [-0.2, -0.15) is 0 Å². The number of nitrogens with zero attached hydrogens (tertiary/aromatic N) is 1. The van der Waals surface area contributed by atoms with Gasteiger partial charge in [0.15, 0.2) is 5.78 Å². The number of amides is 1. The second kappa shape index (κ2) is 7.47. The van der Waals surface area contributed by atoms with Crippen molar-refractivity contribution in [2.45, 2.75) is 40.2 Å². The standard InChI is InChI=1S/C20H26N2O2/c1-13(2)10-16-6-8-17(9-7-16)14(3)21-20(24)19-11-18(15(4)23)12-22(19)5/h6-9,11-14H,10H2,1-5H3,(H,21,24)/t14-/m1/s1. The highest BCUT2D eigenvalue weighted by Crippen LogP contribution is 2.17. The molecule has 1 aromatic carbocycles. The second-order valence-corrected chi connectivity index (χ2v) is 6.82. The minimum Gasteiger partial charge on any atom is -0.346 e. The Morgan fingerprint density at radius 2 is 1.75 bits per heavy atom. The zero-order chi connectivity index (χ0) is 17.9. The van der Waals surface area contributed by atoms with Crippen molar-refractivity contribution >= 4 is 11.7 Å². The number of aryl methyl sites for hydroxylation is 1. The van der Waals surface area contributed by atoms with E-state index in [1.165, 1.54) is 12.5 Å². The molecule has 1 amide bonds. The van der Waals surface area contributed by atoms with Crippen LogP contribution in [0.15, 0.2) is 36.5 Å². The van der Waals surface area contributed by atoms with Gasteiger partial charge in [-0.25, -0.2) is 0 Å². The van der Waals surface area contributed by atoms with Crippen molar-refractivity contribution in [2.24, 2.45) is 13.0 Å². The number of carbonyl (C=O) groups excluding carboxylic acids is 2. The first-order chi connectivity index (χ1) is 11.3. The van der Waals surface area contributed by atoms with Crippen molar-refractivity contribution in [3.05, 3.63) is 58.9 Å². The van der Waals surface area contributed by atoms with E-state index in [1.54, 1.807) is 23.9 Å². The number of benzene rings is 1. The van der Waals surface area contributed by atoms with E-state index in [2.05, 4.69) is 43.4 Å². The third-order valence-electron chi connectivity index (χ3n) is 4.12. The minimum atomic E-state index is -0.177. The van der Waals surface area contributed by atoms with E-state index in [9.17, 15) is 9.59 Å². The lowest BCUT2D eigenvalue weighted by atomic mass is 10.00. The Morgan fingerprint density at radius 1 is 1.12 bits per heavy atom. The van der Waals surface area contributed by atoms with Crippen molar-refractivity contribution in [3.63, 3.8) is 0 Å². The number of carbonyl (C=O) groups is 2. The molecule has 0 radical (unpaired) electrons. The summed E-state index contributed by atoms with van der Waals surface area (Å²) in [6.45, 7) is 7.86. The summed E-state index contributed by atoms with van der Waals surface area (Å²) in [5, 5.41) is 2.99. The van der Waals surface area contributed by atoms with Gasteiger partial charge >= 0.3 is 0 Å². The van der Waals surface area contributed by atoms with E-state index in [1.807, 2.05) is 6.92 Å². The number of rotatable bonds is 6. The summed E-state index contributed by atoms with van der Waals surface area (Å²) in [5.74, 6) is 0.406. The van der Waals surface area contributed by atoms with Crippen LogP contribution in [0.25, 0.3) is 0 Å². The molecule has 0 aliphatic heterocycles. The zero-order valence-electron chi connectivity index (χ0n) is 15.1. The molecule has 128 valence electrons. The molecule has 0 unspecified atom stereocenters. The highest BCUT2D eigenvalue weighted by molar-refractivity contribution is 5.99. The average molecular weight is 326 g/mol. The van der Waals surface area contributed by atoms with Gasteiger partial charge in [0, 0.05) is 18.8 Å². The summed E-state index contributed by atoms with van der Waals surface area (Å²) in [6.07, 6.45) is 2.74. The molecular formula is C20H26N2O2. The molecule has 4 nitrogen and oxygen atoms in total. The van der Waals surface area contributed by atoms with Crippen LogP contribution in [-0.2, 0) is 13.5 Å². The van der Waals surface area contributed by atoms with Gasteiger partial charge in [-0.05, 0) is 43.4 Å². The van der Waals surface area contributed by atoms with Crippen LogP contribution in [0.2, 0.25) is 0 Å². The number of Topliss-reactive ketones (excluding diaryl/α,β-unsaturated/α-hetero) is 1. The predicted molar refractivity (Wildman–Crippen MR) is 96.3 cm³/mol. The largest absolute Gasteiger partial charge is 0.346 e. The lowest BCUT2D eigenvalue weighted by Crippen LogP contribution is -2.28. The van der Waals surface area contributed by atoms with Gasteiger partial charge in [0.25, 0.3) is 5.91 Å². The second-order valence-electron chi connectivity index (χ2n) is 6.82. The van der Waals surface area contributed by atoms with E-state index in [-0.39, 0.29) is 17.7 Å². The monoisotopic (exact) mass is 326 g/mol. The fourth-order valence-corrected chi connectivity index (χ4v) is 2.75. The third kappa shape index (κ3) is 4.34. The smallest absolute Gasteiger partial charge is 0.268 e. The van der Waals surface area contributed by atoms with Crippen molar-refractivity contribution in [1.29, 1.82) is 0 Å². The number of ketones is 1. The van der Waals surface area contributed by atoms with E-state index in [0.717, 1.165) is 12.0 Å². The van der Waals surface area contributed by atoms with Crippen molar-refractivity contribution in [2.75, 3.05) is 0 Å². The summed E-state index contributed by atoms with van der Waals surface area (Å²) >= 11 is 0. The van der Waals surface area contributed by atoms with Crippen LogP contribution >= 0.6 is 0 Å². The quantitative estimate of drug-likeness (QED) is 0.818. The first kappa shape index (κ1) is 18.0. The maximum absolute atomic E-state index is 12.5. The van der Waals surface area contributed by atoms with E-state index in [0.29, 0.717) is 17.2 Å². The molecule has 0 fully saturated rings. The van der Waals surface area contributed by atoms with E-state index in [4.69, 9.17) is 0 Å². The van der Waals surface area contributed by atoms with Gasteiger partial charge in [0.2, 0.25) is 0 Å². The summed E-state index contributed by atoms with van der Waals surface area (Å²) < 4.78 is 1.69. The molecule has 24 heavy (non-hydrogen) atoms. The van der Waals surface area contributed by atoms with Gasteiger partial charge < -0.3 is 9.88 Å². The third-order valence-corrected chi connectivity index (χ3v) is 4.12. The van der Waals surface area contributed by atoms with Crippen LogP contribution in [0.3, 0.4) is 0 Å². The van der Waals surface area contributed by atoms with Gasteiger partial charge in [-0.15, -0.1) is 0 Å². The molecule has 0 aliphatic rings. The molecule has 1 atom stereocenters. The fourth-order valence-electron chi connectivity index (χ4n) is 2.75. The lowest BCUT2D eigenvalue weighted by molar-refractivity contribution is 0.0931. The lowest BCUT2D eigenvalue weighted by Gasteiger charge is -2.15. The molecule has 1 aromatic heterocycles. The molecule has 2 rings (SSSR count). The Kier molecular flexibility index (Phi) is 5.60. The average Bonchev–Trinajstić information content (AvgIpc) is 2.89. The molecular weight excluding hydrogens is 300 g/mol. The summed E-state index contributed by atoms with van der Waals surface area (Å²) in [4.78, 5) is 23.9. The molecule has 0 aliphatic carbocycles. The van der Waals surface area contributed by atoms with Crippen LogP contribution < -0.4 is 5.32 Å². The topological polar surface area (TPSA) is 51.1 Å². The molecule has 0 saturated heterocycles. The molecule has 0 saturated carbocycles. The van der Waals surface area contributed by atoms with Crippen LogP contribution in [0.5, 0.6) is 0 Å². The normalized spacial score (nSPS) is 12.2. The van der Waals surface area contributed by atoms with Crippen LogP contribution in [-0.4, -0.2) is 16.3 Å². The first-order valence-corrected chi connectivity index (χ1v) is 8.35. The van der Waals surface area contributed by atoms with Gasteiger partial charge in [-0.1, -0.05) is 38.1 Å². The Hall–Kier alpha value is -2.36. The molecule has 0 spiro atoms. The highest BCUT2D eigenvalue weighted by atomic mass is 16.2. The molecule has 1 N–H and O–H groups in total. The Morgan fingerprint density at radius 3 is 2.25 bits per heavy atom. The van der Waals surface area contributed by atoms with Gasteiger partial charge in [0.05, 0.1) is 6.04 Å². The Bertz CT molecular complexity index is 727. The maximum atomic E-state index is 12.5. The number of nitrogens with one attached hydrogen (secondary N) is 1. The summed E-state index contributed by atoms with van der Waals surface area (Å²) in [5.41, 5.74) is 3.41. The number of hydrogen-bond acceptors (Lipinski definition) is 2. The van der Waals surface area contributed by atoms with Gasteiger partial charge in [-0.3, -0.25) is 9.59 Å². The maximum Gasteiger partial charge on any atom is 0.268 e. The number of hydrogen-bond donors (Lipinski definition) is 1. The number of aromatic nitrogens is 1. The summed E-state index contributed by atoms with van der Waals surface area (Å²) in [6, 6.07) is 9.91. The Balaban J connectivity index is 2.07. The molecule has 2 aromatic rings. The van der Waals surface area contributed by atoms with Crippen LogP contribution in [0.1, 0.15) is 65.7 Å². The highest BCUT2D eigenvalue weighted by Gasteiger charge is 2.16. The predicted octanol–water partition coefficient (Wildman–Crippen LogP) is 3.92. The Labute approximate surface area is 143 Å². The van der Waals surface area contributed by atoms with Crippen LogP contribution in [0.4, 0.5) is 0 Å². The minimum absolute atomic E-state index is 0.0431. The molecule has 0 bridgehead atoms. The fraction of sp³-hybridized carbons (Fsp3) is 0.400. The van der Waals surface area contributed by atoms with Crippen LogP contribution in [0, 0.1) is 5.92 Å². The SMILES string of the molecule is CC(=O)c1cc(C(=O)N[C@H](C)c2ccc(CC(C)C)cc2)n(C)c1. The van der Waals surface area contributed by atoms with Crippen molar-refractivity contribution in [3.8, 4) is 0 Å². The zero-order valence-corrected chi connectivity index (χ0v) is 15.1. The summed E-state index contributed by atoms with van der Waals surface area (Å²) in [7, 11) is 1.77. The molecule has 4 heteroatoms. The first-order valence-electron chi connectivity index (χ1n) is 8.35. The van der Waals surface area contributed by atoms with E-state index < -0.39 is 0 Å². The van der Waals surface area contributed by atoms with Gasteiger partial charge in [0.1, 0.15) is 5.69 Å². The van der Waals surface area contributed by atoms with Crippen molar-refractivity contribution in [1.82, 2.24) is 9.88 Å². The van der Waals surface area contributed by atoms with Crippen molar-refractivity contribution < 1.29 is 9.59 Å². The van der Waals surface area contributed by atoms with E-state index >= 15 is 0 Å².